The summed E-state index contributed by atoms with van der Waals surface area (Å²) in [6, 6.07) is 2.53. The van der Waals surface area contributed by atoms with Gasteiger partial charge in [-0.3, -0.25) is 0 Å². The molecule has 0 bridgehead atoms. The van der Waals surface area contributed by atoms with Gasteiger partial charge in [0.05, 0.1) is 12.5 Å². The number of nitrogens with one attached hydrogen (secondary N) is 1. The molecule has 0 saturated carbocycles. The highest BCUT2D eigenvalue weighted by molar-refractivity contribution is 4.95. The quantitative estimate of drug-likeness (QED) is 0.636. The van der Waals surface area contributed by atoms with Crippen LogP contribution in [0.4, 0.5) is 0 Å². The Morgan fingerprint density at radius 3 is 2.67 bits per heavy atom. The van der Waals surface area contributed by atoms with Crippen molar-refractivity contribution in [1.29, 1.82) is 5.26 Å². The zero-order valence-corrected chi connectivity index (χ0v) is 8.22. The lowest BCUT2D eigenvalue weighted by Gasteiger charge is -2.11. The molecule has 0 heterocycles. The second-order valence-electron chi connectivity index (χ2n) is 3.16. The molecule has 2 heteroatoms. The van der Waals surface area contributed by atoms with Crippen molar-refractivity contribution in [2.45, 2.75) is 39.7 Å². The summed E-state index contributed by atoms with van der Waals surface area (Å²) in [6.45, 7) is 7.12. The molecule has 0 aromatic rings. The van der Waals surface area contributed by atoms with Crippen molar-refractivity contribution in [3.8, 4) is 6.07 Å². The number of hydrogen-bond donors (Lipinski definition) is 1. The van der Waals surface area contributed by atoms with Crippen LogP contribution in [0.25, 0.3) is 0 Å². The molecule has 1 unspecified atom stereocenters. The van der Waals surface area contributed by atoms with Gasteiger partial charge in [-0.25, -0.2) is 0 Å². The topological polar surface area (TPSA) is 35.8 Å². The van der Waals surface area contributed by atoms with Crippen LogP contribution in [0.3, 0.4) is 0 Å². The Kier molecular flexibility index (Phi) is 6.41. The van der Waals surface area contributed by atoms with Gasteiger partial charge in [-0.15, -0.1) is 0 Å². The van der Waals surface area contributed by atoms with E-state index < -0.39 is 0 Å². The van der Waals surface area contributed by atoms with Gasteiger partial charge in [-0.1, -0.05) is 18.6 Å². The molecular weight excluding hydrogens is 148 g/mol. The summed E-state index contributed by atoms with van der Waals surface area (Å²) in [4.78, 5) is 0. The summed E-state index contributed by atoms with van der Waals surface area (Å²) >= 11 is 0. The monoisotopic (exact) mass is 166 g/mol. The average Bonchev–Trinajstić information content (AvgIpc) is 2.02. The van der Waals surface area contributed by atoms with E-state index in [1.165, 1.54) is 5.57 Å². The minimum Gasteiger partial charge on any atom is -0.310 e. The zero-order valence-electron chi connectivity index (χ0n) is 8.22. The average molecular weight is 166 g/mol. The minimum absolute atomic E-state index is 0.352. The molecule has 0 radical (unpaired) electrons. The highest BCUT2D eigenvalue weighted by Gasteiger charge is 2.01. The second-order valence-corrected chi connectivity index (χ2v) is 3.16. The highest BCUT2D eigenvalue weighted by atomic mass is 14.9. The first-order valence-corrected chi connectivity index (χ1v) is 4.44. The van der Waals surface area contributed by atoms with Crippen LogP contribution < -0.4 is 5.32 Å². The standard InChI is InChI=1S/C10H18N2/c1-4-10(5-7-11)12-8-6-9(2)3/h6,10,12H,4-5,8H2,1-3H3. The Morgan fingerprint density at radius 2 is 2.25 bits per heavy atom. The normalized spacial score (nSPS) is 11.8. The van der Waals surface area contributed by atoms with Gasteiger partial charge in [0.1, 0.15) is 0 Å². The molecule has 0 aliphatic rings. The van der Waals surface area contributed by atoms with Gasteiger partial charge in [0.15, 0.2) is 0 Å². The largest absolute Gasteiger partial charge is 0.310 e. The molecule has 0 aliphatic carbocycles. The van der Waals surface area contributed by atoms with Crippen molar-refractivity contribution in [2.75, 3.05) is 6.54 Å². The summed E-state index contributed by atoms with van der Waals surface area (Å²) < 4.78 is 0. The number of rotatable bonds is 5. The zero-order chi connectivity index (χ0) is 9.40. The van der Waals surface area contributed by atoms with Crippen LogP contribution in [-0.4, -0.2) is 12.6 Å². The molecule has 1 N–H and O–H groups in total. The number of nitrogens with zero attached hydrogens (tertiary/aromatic N) is 1. The molecule has 12 heavy (non-hydrogen) atoms. The number of nitriles is 1. The van der Waals surface area contributed by atoms with E-state index >= 15 is 0 Å². The molecule has 0 fully saturated rings. The van der Waals surface area contributed by atoms with Gasteiger partial charge in [0.25, 0.3) is 0 Å². The van der Waals surface area contributed by atoms with Crippen molar-refractivity contribution in [3.63, 3.8) is 0 Å². The van der Waals surface area contributed by atoms with Crippen molar-refractivity contribution < 1.29 is 0 Å². The molecule has 0 amide bonds. The number of hydrogen-bond acceptors (Lipinski definition) is 2. The fourth-order valence-electron chi connectivity index (χ4n) is 0.901. The molecule has 1 atom stereocenters. The predicted molar refractivity (Wildman–Crippen MR) is 51.7 cm³/mol. The van der Waals surface area contributed by atoms with E-state index in [9.17, 15) is 0 Å². The molecule has 0 saturated heterocycles. The van der Waals surface area contributed by atoms with Crippen LogP contribution in [0.15, 0.2) is 11.6 Å². The Bertz CT molecular complexity index is 173. The van der Waals surface area contributed by atoms with Crippen molar-refractivity contribution in [2.24, 2.45) is 0 Å². The number of allylic oxidation sites excluding steroid dienone is 1. The lowest BCUT2D eigenvalue weighted by atomic mass is 10.1. The minimum atomic E-state index is 0.352. The van der Waals surface area contributed by atoms with E-state index in [0.717, 1.165) is 13.0 Å². The maximum Gasteiger partial charge on any atom is 0.0638 e. The molecular formula is C10H18N2. The maximum atomic E-state index is 8.47. The summed E-state index contributed by atoms with van der Waals surface area (Å²) in [5.41, 5.74) is 1.31. The predicted octanol–water partition coefficient (Wildman–Crippen LogP) is 2.23. The van der Waals surface area contributed by atoms with Crippen LogP contribution in [0, 0.1) is 11.3 Å². The van der Waals surface area contributed by atoms with Crippen molar-refractivity contribution in [3.05, 3.63) is 11.6 Å². The fraction of sp³-hybridized carbons (Fsp3) is 0.700. The molecule has 0 aliphatic heterocycles. The summed E-state index contributed by atoms with van der Waals surface area (Å²) in [5.74, 6) is 0. The van der Waals surface area contributed by atoms with Crippen LogP contribution in [0.5, 0.6) is 0 Å². The second kappa shape index (κ2) is 6.87. The van der Waals surface area contributed by atoms with Gasteiger partial charge < -0.3 is 5.32 Å². The lowest BCUT2D eigenvalue weighted by molar-refractivity contribution is 0.533. The first kappa shape index (κ1) is 11.2. The van der Waals surface area contributed by atoms with Crippen LogP contribution >= 0.6 is 0 Å². The third kappa shape index (κ3) is 5.94. The van der Waals surface area contributed by atoms with Gasteiger partial charge in [-0.2, -0.15) is 5.26 Å². The van der Waals surface area contributed by atoms with Gasteiger partial charge in [-0.05, 0) is 20.3 Å². The van der Waals surface area contributed by atoms with Gasteiger partial charge >= 0.3 is 0 Å². The van der Waals surface area contributed by atoms with E-state index in [1.54, 1.807) is 0 Å². The van der Waals surface area contributed by atoms with E-state index in [0.29, 0.717) is 12.5 Å². The van der Waals surface area contributed by atoms with Crippen LogP contribution in [0.2, 0.25) is 0 Å². The van der Waals surface area contributed by atoms with E-state index in [2.05, 4.69) is 38.2 Å². The Morgan fingerprint density at radius 1 is 1.58 bits per heavy atom. The van der Waals surface area contributed by atoms with Crippen molar-refractivity contribution >= 4 is 0 Å². The smallest absolute Gasteiger partial charge is 0.0638 e. The Balaban J connectivity index is 3.59. The van der Waals surface area contributed by atoms with Crippen LogP contribution in [-0.2, 0) is 0 Å². The van der Waals surface area contributed by atoms with E-state index in [4.69, 9.17) is 5.26 Å². The summed E-state index contributed by atoms with van der Waals surface area (Å²) in [5, 5.41) is 11.8. The van der Waals surface area contributed by atoms with Crippen molar-refractivity contribution in [1.82, 2.24) is 5.32 Å². The lowest BCUT2D eigenvalue weighted by Crippen LogP contribution is -2.28. The summed E-state index contributed by atoms with van der Waals surface area (Å²) in [6.07, 6.45) is 3.76. The van der Waals surface area contributed by atoms with Crippen LogP contribution in [0.1, 0.15) is 33.6 Å². The molecule has 0 rings (SSSR count). The van der Waals surface area contributed by atoms with Gasteiger partial charge in [0, 0.05) is 12.6 Å². The Labute approximate surface area is 75.3 Å². The molecule has 0 aromatic heterocycles. The first-order chi connectivity index (χ1) is 5.70. The molecule has 68 valence electrons. The molecule has 0 aromatic carbocycles. The van der Waals surface area contributed by atoms with E-state index in [-0.39, 0.29) is 0 Å². The first-order valence-electron chi connectivity index (χ1n) is 4.44. The van der Waals surface area contributed by atoms with Gasteiger partial charge in [0.2, 0.25) is 0 Å². The van der Waals surface area contributed by atoms with E-state index in [1.807, 2.05) is 0 Å². The fourth-order valence-corrected chi connectivity index (χ4v) is 0.901. The Hall–Kier alpha value is -0.810. The molecule has 0 spiro atoms. The third-order valence-corrected chi connectivity index (χ3v) is 1.75. The molecule has 2 nitrogen and oxygen atoms in total. The SMILES string of the molecule is CCC(CC#N)NCC=C(C)C. The highest BCUT2D eigenvalue weighted by Crippen LogP contribution is 1.95. The summed E-state index contributed by atoms with van der Waals surface area (Å²) in [7, 11) is 0. The third-order valence-electron chi connectivity index (χ3n) is 1.75. The maximum absolute atomic E-state index is 8.47.